The van der Waals surface area contributed by atoms with E-state index in [0.717, 1.165) is 12.8 Å². The van der Waals surface area contributed by atoms with Gasteiger partial charge in [-0.05, 0) is 37.1 Å². The Hall–Kier alpha value is -3.47. The van der Waals surface area contributed by atoms with Gasteiger partial charge in [-0.1, -0.05) is 12.1 Å². The Bertz CT molecular complexity index is 1230. The predicted molar refractivity (Wildman–Crippen MR) is 121 cm³/mol. The molecule has 3 aliphatic rings. The summed E-state index contributed by atoms with van der Waals surface area (Å²) in [6.07, 6.45) is 1.75. The number of hydrogen-bond donors (Lipinski definition) is 2. The number of likely N-dealkylation sites (tertiary alicyclic amines) is 1. The van der Waals surface area contributed by atoms with Crippen molar-refractivity contribution in [2.24, 2.45) is 16.0 Å². The number of fused-ring (bicyclic) bond motifs is 2. The first-order valence-corrected chi connectivity index (χ1v) is 12.2. The highest BCUT2D eigenvalue weighted by Crippen LogP contribution is 2.35. The Morgan fingerprint density at radius 1 is 1.21 bits per heavy atom. The standard InChI is InChI=1S/C22H24N4O6S/c23-21-19-16(24-33(28,29)25-21)6-2-7-17(19)32-13-14-4-3-9-26(12-14)22(27)15-5-1-8-18-20(15)31-11-10-30-18/h1-2,5-8,14,24H,3-4,9-13H2,(H2,23,25). The van der Waals surface area contributed by atoms with E-state index < -0.39 is 10.2 Å². The van der Waals surface area contributed by atoms with E-state index in [1.165, 1.54) is 0 Å². The molecule has 1 saturated heterocycles. The van der Waals surface area contributed by atoms with Crippen LogP contribution in [0, 0.1) is 5.92 Å². The van der Waals surface area contributed by atoms with Crippen LogP contribution in [0.15, 0.2) is 40.8 Å². The van der Waals surface area contributed by atoms with Gasteiger partial charge in [-0.15, -0.1) is 4.40 Å². The van der Waals surface area contributed by atoms with Gasteiger partial charge in [0.25, 0.3) is 5.91 Å². The molecule has 1 amide bonds. The maximum Gasteiger partial charge on any atom is 0.344 e. The zero-order valence-electron chi connectivity index (χ0n) is 17.8. The van der Waals surface area contributed by atoms with Gasteiger partial charge < -0.3 is 24.8 Å². The van der Waals surface area contributed by atoms with E-state index >= 15 is 0 Å². The summed E-state index contributed by atoms with van der Waals surface area (Å²) in [7, 11) is -3.85. The topological polar surface area (TPSA) is 133 Å². The number of hydrogen-bond acceptors (Lipinski definition) is 7. The van der Waals surface area contributed by atoms with E-state index in [0.29, 0.717) is 67.0 Å². The lowest BCUT2D eigenvalue weighted by Crippen LogP contribution is -2.42. The second-order valence-electron chi connectivity index (χ2n) is 8.13. The van der Waals surface area contributed by atoms with Crippen molar-refractivity contribution in [2.45, 2.75) is 12.8 Å². The van der Waals surface area contributed by atoms with Crippen LogP contribution in [0.3, 0.4) is 0 Å². The van der Waals surface area contributed by atoms with Gasteiger partial charge in [0.15, 0.2) is 17.3 Å². The van der Waals surface area contributed by atoms with E-state index in [2.05, 4.69) is 9.12 Å². The normalized spacial score (nSPS) is 20.8. The third-order valence-corrected chi connectivity index (χ3v) is 6.73. The maximum atomic E-state index is 13.2. The van der Waals surface area contributed by atoms with Gasteiger partial charge in [-0.2, -0.15) is 8.42 Å². The Kier molecular flexibility index (Phi) is 5.49. The number of nitrogens with two attached hydrogens (primary N) is 1. The molecule has 11 heteroatoms. The number of amides is 1. The molecule has 3 heterocycles. The van der Waals surface area contributed by atoms with Crippen LogP contribution >= 0.6 is 0 Å². The van der Waals surface area contributed by atoms with Crippen molar-refractivity contribution in [1.29, 1.82) is 0 Å². The number of nitrogens with zero attached hydrogens (tertiary/aromatic N) is 2. The predicted octanol–water partition coefficient (Wildman–Crippen LogP) is 1.76. The maximum absolute atomic E-state index is 13.2. The van der Waals surface area contributed by atoms with E-state index in [-0.39, 0.29) is 17.7 Å². The molecule has 0 saturated carbocycles. The molecule has 3 N–H and O–H groups in total. The molecule has 1 unspecified atom stereocenters. The molecule has 10 nitrogen and oxygen atoms in total. The number of amidine groups is 1. The van der Waals surface area contributed by atoms with Gasteiger partial charge in [-0.3, -0.25) is 9.52 Å². The summed E-state index contributed by atoms with van der Waals surface area (Å²) < 4.78 is 46.8. The van der Waals surface area contributed by atoms with Crippen LogP contribution in [-0.4, -0.2) is 58.0 Å². The van der Waals surface area contributed by atoms with Gasteiger partial charge in [0, 0.05) is 19.0 Å². The zero-order chi connectivity index (χ0) is 23.0. The van der Waals surface area contributed by atoms with Gasteiger partial charge in [0.2, 0.25) is 0 Å². The summed E-state index contributed by atoms with van der Waals surface area (Å²) in [5.41, 5.74) is 7.14. The van der Waals surface area contributed by atoms with Crippen LogP contribution in [0.5, 0.6) is 17.2 Å². The molecule has 2 aromatic carbocycles. The quantitative estimate of drug-likeness (QED) is 0.693. The Balaban J connectivity index is 1.28. The molecular formula is C22H24N4O6S. The lowest BCUT2D eigenvalue weighted by atomic mass is 9.98. The smallest absolute Gasteiger partial charge is 0.344 e. The summed E-state index contributed by atoms with van der Waals surface area (Å²) in [4.78, 5) is 15.1. The van der Waals surface area contributed by atoms with Gasteiger partial charge in [0.05, 0.1) is 23.4 Å². The summed E-state index contributed by atoms with van der Waals surface area (Å²) in [6, 6.07) is 10.4. The third kappa shape index (κ3) is 4.28. The fraction of sp³-hybridized carbons (Fsp3) is 0.364. The second-order valence-corrected chi connectivity index (χ2v) is 9.47. The summed E-state index contributed by atoms with van der Waals surface area (Å²) in [6.45, 7) is 2.43. The monoisotopic (exact) mass is 472 g/mol. The van der Waals surface area contributed by atoms with E-state index in [1.54, 1.807) is 36.4 Å². The Labute approximate surface area is 191 Å². The van der Waals surface area contributed by atoms with Crippen molar-refractivity contribution in [3.05, 3.63) is 47.5 Å². The molecule has 1 atom stereocenters. The highest BCUT2D eigenvalue weighted by molar-refractivity contribution is 7.91. The number of piperidine rings is 1. The number of carbonyl (C=O) groups excluding carboxylic acids is 1. The highest BCUT2D eigenvalue weighted by Gasteiger charge is 2.30. The Morgan fingerprint density at radius 3 is 2.91 bits per heavy atom. The van der Waals surface area contributed by atoms with Crippen LogP contribution in [0.1, 0.15) is 28.8 Å². The molecule has 2 aromatic rings. The van der Waals surface area contributed by atoms with Gasteiger partial charge in [0.1, 0.15) is 19.0 Å². The average Bonchev–Trinajstić information content (AvgIpc) is 2.81. The zero-order valence-corrected chi connectivity index (χ0v) is 18.6. The average molecular weight is 473 g/mol. The lowest BCUT2D eigenvalue weighted by Gasteiger charge is -2.33. The van der Waals surface area contributed by atoms with Crippen molar-refractivity contribution in [1.82, 2.24) is 4.90 Å². The molecule has 0 aromatic heterocycles. The molecule has 3 aliphatic heterocycles. The number of anilines is 1. The first kappa shape index (κ1) is 21.4. The fourth-order valence-corrected chi connectivity index (χ4v) is 5.19. The van der Waals surface area contributed by atoms with Gasteiger partial charge >= 0.3 is 10.2 Å². The highest BCUT2D eigenvalue weighted by atomic mass is 32.2. The van der Waals surface area contributed by atoms with Crippen molar-refractivity contribution < 1.29 is 27.4 Å². The molecule has 33 heavy (non-hydrogen) atoms. The first-order chi connectivity index (χ1) is 15.9. The van der Waals surface area contributed by atoms with Gasteiger partial charge in [-0.25, -0.2) is 0 Å². The second kappa shape index (κ2) is 8.47. The van der Waals surface area contributed by atoms with Crippen LogP contribution < -0.4 is 24.7 Å². The fourth-order valence-electron chi connectivity index (χ4n) is 4.34. The van der Waals surface area contributed by atoms with Crippen molar-refractivity contribution >= 4 is 27.6 Å². The molecule has 174 valence electrons. The van der Waals surface area contributed by atoms with Crippen molar-refractivity contribution in [3.8, 4) is 17.2 Å². The number of carbonyl (C=O) groups is 1. The van der Waals surface area contributed by atoms with E-state index in [1.807, 2.05) is 4.90 Å². The SMILES string of the molecule is NC1=NS(=O)(=O)Nc2cccc(OCC3CCCN(C(=O)c4cccc5c4OCCO5)C3)c21. The van der Waals surface area contributed by atoms with Crippen molar-refractivity contribution in [2.75, 3.05) is 37.6 Å². The minimum atomic E-state index is -3.85. The van der Waals surface area contributed by atoms with Crippen LogP contribution in [0.4, 0.5) is 5.69 Å². The van der Waals surface area contributed by atoms with Crippen molar-refractivity contribution in [3.63, 3.8) is 0 Å². The summed E-state index contributed by atoms with van der Waals surface area (Å²) in [5, 5.41) is 0. The molecule has 1 fully saturated rings. The molecular weight excluding hydrogens is 448 g/mol. The molecule has 0 bridgehead atoms. The summed E-state index contributed by atoms with van der Waals surface area (Å²) >= 11 is 0. The third-order valence-electron chi connectivity index (χ3n) is 5.82. The number of nitrogens with one attached hydrogen (secondary N) is 1. The molecule has 5 rings (SSSR count). The first-order valence-electron chi connectivity index (χ1n) is 10.7. The minimum absolute atomic E-state index is 0.0927. The van der Waals surface area contributed by atoms with E-state index in [4.69, 9.17) is 19.9 Å². The lowest BCUT2D eigenvalue weighted by molar-refractivity contribution is 0.0624. The molecule has 0 spiro atoms. The Morgan fingerprint density at radius 2 is 2.03 bits per heavy atom. The van der Waals surface area contributed by atoms with E-state index in [9.17, 15) is 13.2 Å². The number of benzene rings is 2. The largest absolute Gasteiger partial charge is 0.492 e. The molecule has 0 aliphatic carbocycles. The van der Waals surface area contributed by atoms with Crippen LogP contribution in [0.25, 0.3) is 0 Å². The number of ether oxygens (including phenoxy) is 3. The number of rotatable bonds is 4. The molecule has 0 radical (unpaired) electrons. The summed E-state index contributed by atoms with van der Waals surface area (Å²) in [5.74, 6) is 1.43. The number of para-hydroxylation sites is 1. The van der Waals surface area contributed by atoms with Crippen LogP contribution in [-0.2, 0) is 10.2 Å². The van der Waals surface area contributed by atoms with Crippen LogP contribution in [0.2, 0.25) is 0 Å². The minimum Gasteiger partial charge on any atom is -0.492 e.